The van der Waals surface area contributed by atoms with Gasteiger partial charge in [-0.1, -0.05) is 15.9 Å². The summed E-state index contributed by atoms with van der Waals surface area (Å²) in [5.74, 6) is -0.406. The maximum absolute atomic E-state index is 11.1. The molecule has 0 radical (unpaired) electrons. The van der Waals surface area contributed by atoms with E-state index in [1.165, 1.54) is 0 Å². The molecule has 1 atom stereocenters. The molecule has 0 bridgehead atoms. The summed E-state index contributed by atoms with van der Waals surface area (Å²) in [6.45, 7) is 0.352. The minimum absolute atomic E-state index is 0.0733. The van der Waals surface area contributed by atoms with Crippen molar-refractivity contribution >= 4 is 27.8 Å². The van der Waals surface area contributed by atoms with Crippen molar-refractivity contribution in [2.24, 2.45) is 0 Å². The van der Waals surface area contributed by atoms with Gasteiger partial charge >= 0.3 is 5.97 Å². The fraction of sp³-hybridized carbons (Fsp3) is 0.714. The first kappa shape index (κ1) is 9.51. The minimum Gasteiger partial charge on any atom is -0.463 e. The lowest BCUT2D eigenvalue weighted by atomic mass is 10.2. The van der Waals surface area contributed by atoms with E-state index < -0.39 is 6.04 Å². The molecule has 4 nitrogen and oxygen atoms in total. The Labute approximate surface area is 78.8 Å². The van der Waals surface area contributed by atoms with Crippen LogP contribution in [0.2, 0.25) is 0 Å². The fourth-order valence-electron chi connectivity index (χ4n) is 1.03. The first-order valence-corrected chi connectivity index (χ1v) is 4.88. The molecule has 0 spiro atoms. The summed E-state index contributed by atoms with van der Waals surface area (Å²) in [5, 5.41) is 3.16. The minimum atomic E-state index is -0.420. The fourth-order valence-corrected chi connectivity index (χ4v) is 1.19. The highest BCUT2D eigenvalue weighted by Gasteiger charge is 2.28. The van der Waals surface area contributed by atoms with Gasteiger partial charge in [0.15, 0.2) is 0 Å². The molecule has 0 aliphatic carbocycles. The molecule has 1 N–H and O–H groups in total. The van der Waals surface area contributed by atoms with Crippen LogP contribution in [-0.4, -0.2) is 29.9 Å². The van der Waals surface area contributed by atoms with Crippen LogP contribution in [0, 0.1) is 0 Å². The van der Waals surface area contributed by atoms with Crippen molar-refractivity contribution in [3.05, 3.63) is 0 Å². The van der Waals surface area contributed by atoms with Crippen molar-refractivity contribution in [2.45, 2.75) is 18.9 Å². The van der Waals surface area contributed by atoms with Crippen molar-refractivity contribution in [1.29, 1.82) is 0 Å². The largest absolute Gasteiger partial charge is 0.463 e. The van der Waals surface area contributed by atoms with E-state index in [1.807, 2.05) is 0 Å². The van der Waals surface area contributed by atoms with Gasteiger partial charge in [0.1, 0.15) is 12.6 Å². The molecule has 1 aliphatic heterocycles. The second-order valence-electron chi connectivity index (χ2n) is 2.52. The lowest BCUT2D eigenvalue weighted by molar-refractivity contribution is -0.145. The molecule has 1 aliphatic rings. The van der Waals surface area contributed by atoms with Crippen LogP contribution in [0.5, 0.6) is 0 Å². The smallest absolute Gasteiger partial charge is 0.328 e. The van der Waals surface area contributed by atoms with Crippen molar-refractivity contribution < 1.29 is 14.3 Å². The normalized spacial score (nSPS) is 22.1. The molecular formula is C7H10BrNO3. The molecular weight excluding hydrogens is 226 g/mol. The van der Waals surface area contributed by atoms with Crippen LogP contribution in [0.3, 0.4) is 0 Å². The van der Waals surface area contributed by atoms with E-state index in [-0.39, 0.29) is 11.9 Å². The monoisotopic (exact) mass is 235 g/mol. The van der Waals surface area contributed by atoms with Gasteiger partial charge in [0.2, 0.25) is 5.91 Å². The molecule has 0 aromatic rings. The van der Waals surface area contributed by atoms with Gasteiger partial charge in [-0.15, -0.1) is 0 Å². The van der Waals surface area contributed by atoms with Crippen LogP contribution in [0.15, 0.2) is 0 Å². The number of alkyl halides is 1. The zero-order chi connectivity index (χ0) is 8.97. The van der Waals surface area contributed by atoms with E-state index in [4.69, 9.17) is 4.74 Å². The van der Waals surface area contributed by atoms with Gasteiger partial charge in [-0.3, -0.25) is 4.79 Å². The Morgan fingerprint density at radius 1 is 1.75 bits per heavy atom. The van der Waals surface area contributed by atoms with E-state index in [9.17, 15) is 9.59 Å². The summed E-state index contributed by atoms with van der Waals surface area (Å²) >= 11 is 3.13. The molecule has 0 saturated carbocycles. The number of carbonyl (C=O) groups excluding carboxylic acids is 2. The molecule has 1 heterocycles. The predicted octanol–water partition coefficient (Wildman–Crippen LogP) is 0.203. The molecule has 5 heteroatoms. The summed E-state index contributed by atoms with van der Waals surface area (Å²) in [7, 11) is 0. The topological polar surface area (TPSA) is 55.4 Å². The van der Waals surface area contributed by atoms with E-state index in [0.29, 0.717) is 24.8 Å². The van der Waals surface area contributed by atoms with Crippen LogP contribution >= 0.6 is 15.9 Å². The lowest BCUT2D eigenvalue weighted by Crippen LogP contribution is -2.34. The number of hydrogen-bond donors (Lipinski definition) is 1. The van der Waals surface area contributed by atoms with Crippen LogP contribution in [0.1, 0.15) is 12.8 Å². The molecule has 1 saturated heterocycles. The number of amides is 1. The number of nitrogens with one attached hydrogen (secondary N) is 1. The van der Waals surface area contributed by atoms with Gasteiger partial charge < -0.3 is 10.1 Å². The molecule has 0 aromatic heterocycles. The lowest BCUT2D eigenvalue weighted by Gasteiger charge is -2.08. The number of hydrogen-bond acceptors (Lipinski definition) is 3. The zero-order valence-corrected chi connectivity index (χ0v) is 8.09. The molecule has 1 fully saturated rings. The van der Waals surface area contributed by atoms with Gasteiger partial charge in [0.25, 0.3) is 0 Å². The first-order valence-electron chi connectivity index (χ1n) is 3.76. The summed E-state index contributed by atoms with van der Waals surface area (Å²) in [6.07, 6.45) is 0.980. The summed E-state index contributed by atoms with van der Waals surface area (Å²) in [6, 6.07) is -0.420. The van der Waals surface area contributed by atoms with Gasteiger partial charge in [-0.05, 0) is 6.42 Å². The third-order valence-corrected chi connectivity index (χ3v) is 1.93. The third-order valence-electron chi connectivity index (χ3n) is 1.60. The second kappa shape index (κ2) is 4.45. The highest BCUT2D eigenvalue weighted by atomic mass is 79.9. The predicted molar refractivity (Wildman–Crippen MR) is 45.9 cm³/mol. The van der Waals surface area contributed by atoms with E-state index in [2.05, 4.69) is 21.2 Å². The van der Waals surface area contributed by atoms with E-state index in [0.717, 1.165) is 0 Å². The van der Waals surface area contributed by atoms with Gasteiger partial charge in [0.05, 0.1) is 0 Å². The Morgan fingerprint density at radius 2 is 2.50 bits per heavy atom. The second-order valence-corrected chi connectivity index (χ2v) is 3.31. The molecule has 68 valence electrons. The number of ether oxygens (including phenoxy) is 1. The Bertz CT molecular complexity index is 195. The van der Waals surface area contributed by atoms with Crippen LogP contribution < -0.4 is 5.32 Å². The standard InChI is InChI=1S/C7H10BrNO3/c8-3-4-12-7(11)5-1-2-6(10)9-5/h5H,1-4H2,(H,9,10). The maximum Gasteiger partial charge on any atom is 0.328 e. The quantitative estimate of drug-likeness (QED) is 0.562. The maximum atomic E-state index is 11.1. The number of carbonyl (C=O) groups is 2. The Kier molecular flexibility index (Phi) is 3.52. The summed E-state index contributed by atoms with van der Waals surface area (Å²) < 4.78 is 4.82. The first-order chi connectivity index (χ1) is 5.74. The van der Waals surface area contributed by atoms with Crippen LogP contribution in [0.25, 0.3) is 0 Å². The van der Waals surface area contributed by atoms with Crippen molar-refractivity contribution in [2.75, 3.05) is 11.9 Å². The van der Waals surface area contributed by atoms with Crippen molar-refractivity contribution in [3.8, 4) is 0 Å². The SMILES string of the molecule is O=C1CCC(C(=O)OCCBr)N1. The molecule has 12 heavy (non-hydrogen) atoms. The van der Waals surface area contributed by atoms with Crippen molar-refractivity contribution in [1.82, 2.24) is 5.32 Å². The van der Waals surface area contributed by atoms with E-state index in [1.54, 1.807) is 0 Å². The average molecular weight is 236 g/mol. The number of rotatable bonds is 3. The molecule has 1 rings (SSSR count). The van der Waals surface area contributed by atoms with Crippen LogP contribution in [0.4, 0.5) is 0 Å². The highest BCUT2D eigenvalue weighted by Crippen LogP contribution is 2.07. The van der Waals surface area contributed by atoms with E-state index >= 15 is 0 Å². The van der Waals surface area contributed by atoms with Crippen LogP contribution in [-0.2, 0) is 14.3 Å². The molecule has 0 aromatic carbocycles. The molecule has 1 unspecified atom stereocenters. The number of halogens is 1. The van der Waals surface area contributed by atoms with Gasteiger partial charge in [-0.25, -0.2) is 4.79 Å². The van der Waals surface area contributed by atoms with Gasteiger partial charge in [-0.2, -0.15) is 0 Å². The van der Waals surface area contributed by atoms with Crippen molar-refractivity contribution in [3.63, 3.8) is 0 Å². The zero-order valence-electron chi connectivity index (χ0n) is 6.51. The summed E-state index contributed by atoms with van der Waals surface area (Å²) in [4.78, 5) is 21.8. The highest BCUT2D eigenvalue weighted by molar-refractivity contribution is 9.09. The number of esters is 1. The average Bonchev–Trinajstić information content (AvgIpc) is 2.47. The Morgan fingerprint density at radius 3 is 3.00 bits per heavy atom. The Balaban J connectivity index is 2.28. The third kappa shape index (κ3) is 2.48. The summed E-state index contributed by atoms with van der Waals surface area (Å²) in [5.41, 5.74) is 0. The molecule has 1 amide bonds. The Hall–Kier alpha value is -0.580. The van der Waals surface area contributed by atoms with Gasteiger partial charge in [0, 0.05) is 11.8 Å².